The van der Waals surface area contributed by atoms with E-state index in [0.29, 0.717) is 30.3 Å². The number of ether oxygens (including phenoxy) is 1. The molecule has 1 aromatic rings. The standard InChI is InChI=1S/C19H28N4O4S2/c1-3-23(4-2)29(25,26)17-10-7-15(8-11-17)9-12-18(24)21-22-19(28)20-14-16-6-5-13-27-16/h7-12,16H,3-6,13-14H2,1-2H3,(H,21,24)(H2,20,22,28)/b12-9+. The quantitative estimate of drug-likeness (QED) is 0.319. The topological polar surface area (TPSA) is 99.8 Å². The maximum absolute atomic E-state index is 12.5. The maximum atomic E-state index is 12.5. The molecular weight excluding hydrogens is 412 g/mol. The highest BCUT2D eigenvalue weighted by molar-refractivity contribution is 7.89. The van der Waals surface area contributed by atoms with Crippen molar-refractivity contribution < 1.29 is 17.9 Å². The fourth-order valence-electron chi connectivity index (χ4n) is 2.85. The summed E-state index contributed by atoms with van der Waals surface area (Å²) < 4.78 is 31.8. The first-order valence-corrected chi connectivity index (χ1v) is 11.4. The molecule has 1 aromatic carbocycles. The van der Waals surface area contributed by atoms with Crippen molar-refractivity contribution in [3.05, 3.63) is 35.9 Å². The fourth-order valence-corrected chi connectivity index (χ4v) is 4.44. The van der Waals surface area contributed by atoms with Crippen LogP contribution in [-0.2, 0) is 19.6 Å². The lowest BCUT2D eigenvalue weighted by molar-refractivity contribution is -0.116. The largest absolute Gasteiger partial charge is 0.376 e. The fraction of sp³-hybridized carbons (Fsp3) is 0.474. The zero-order valence-corrected chi connectivity index (χ0v) is 18.3. The second-order valence-corrected chi connectivity index (χ2v) is 8.80. The molecule has 1 atom stereocenters. The maximum Gasteiger partial charge on any atom is 0.262 e. The molecule has 10 heteroatoms. The summed E-state index contributed by atoms with van der Waals surface area (Å²) in [6, 6.07) is 6.38. The van der Waals surface area contributed by atoms with Crippen LogP contribution in [0.1, 0.15) is 32.3 Å². The van der Waals surface area contributed by atoms with Crippen molar-refractivity contribution >= 4 is 39.3 Å². The van der Waals surface area contributed by atoms with Gasteiger partial charge in [-0.25, -0.2) is 8.42 Å². The highest BCUT2D eigenvalue weighted by atomic mass is 32.2. The average Bonchev–Trinajstić information content (AvgIpc) is 3.24. The van der Waals surface area contributed by atoms with E-state index in [1.54, 1.807) is 32.1 Å². The van der Waals surface area contributed by atoms with E-state index in [4.69, 9.17) is 17.0 Å². The number of hydrogen-bond acceptors (Lipinski definition) is 5. The molecule has 8 nitrogen and oxygen atoms in total. The molecular formula is C19H28N4O4S2. The van der Waals surface area contributed by atoms with E-state index in [-0.39, 0.29) is 16.9 Å². The molecule has 1 aliphatic heterocycles. The molecule has 1 saturated heterocycles. The first-order valence-electron chi connectivity index (χ1n) is 9.60. The molecule has 0 bridgehead atoms. The molecule has 0 saturated carbocycles. The van der Waals surface area contributed by atoms with E-state index in [2.05, 4.69) is 16.2 Å². The monoisotopic (exact) mass is 440 g/mol. The van der Waals surface area contributed by atoms with Gasteiger partial charge in [-0.2, -0.15) is 4.31 Å². The molecule has 0 spiro atoms. The number of nitrogens with zero attached hydrogens (tertiary/aromatic N) is 1. The van der Waals surface area contributed by atoms with Crippen molar-refractivity contribution in [1.29, 1.82) is 0 Å². The zero-order valence-electron chi connectivity index (χ0n) is 16.7. The summed E-state index contributed by atoms with van der Waals surface area (Å²) in [7, 11) is -3.49. The Bertz CT molecular complexity index is 815. The number of carbonyl (C=O) groups excluding carboxylic acids is 1. The lowest BCUT2D eigenvalue weighted by atomic mass is 10.2. The molecule has 2 rings (SSSR count). The van der Waals surface area contributed by atoms with Crippen LogP contribution in [0.3, 0.4) is 0 Å². The van der Waals surface area contributed by atoms with Crippen molar-refractivity contribution in [3.63, 3.8) is 0 Å². The van der Waals surface area contributed by atoms with Gasteiger partial charge in [-0.05, 0) is 48.8 Å². The lowest BCUT2D eigenvalue weighted by Gasteiger charge is -2.18. The Labute approximate surface area is 177 Å². The van der Waals surface area contributed by atoms with Gasteiger partial charge in [-0.15, -0.1) is 0 Å². The number of carbonyl (C=O) groups is 1. The first-order chi connectivity index (χ1) is 13.9. The van der Waals surface area contributed by atoms with Gasteiger partial charge in [-0.1, -0.05) is 26.0 Å². The summed E-state index contributed by atoms with van der Waals surface area (Å²) in [5, 5.41) is 3.30. The van der Waals surface area contributed by atoms with E-state index in [1.807, 2.05) is 0 Å². The van der Waals surface area contributed by atoms with Crippen molar-refractivity contribution in [3.8, 4) is 0 Å². The Morgan fingerprint density at radius 1 is 1.24 bits per heavy atom. The van der Waals surface area contributed by atoms with E-state index in [9.17, 15) is 13.2 Å². The molecule has 1 unspecified atom stereocenters. The van der Waals surface area contributed by atoms with Gasteiger partial charge in [0.2, 0.25) is 10.0 Å². The van der Waals surface area contributed by atoms with Crippen LogP contribution in [0.15, 0.2) is 35.2 Å². The number of benzene rings is 1. The molecule has 160 valence electrons. The highest BCUT2D eigenvalue weighted by Crippen LogP contribution is 2.16. The molecule has 1 fully saturated rings. The van der Waals surface area contributed by atoms with Crippen LogP contribution >= 0.6 is 12.2 Å². The Morgan fingerprint density at radius 2 is 1.93 bits per heavy atom. The second kappa shape index (κ2) is 11.2. The van der Waals surface area contributed by atoms with E-state index in [0.717, 1.165) is 19.4 Å². The Balaban J connectivity index is 1.81. The Hall–Kier alpha value is -2.01. The van der Waals surface area contributed by atoms with Crippen molar-refractivity contribution in [2.45, 2.75) is 37.7 Å². The van der Waals surface area contributed by atoms with Gasteiger partial charge in [0, 0.05) is 32.3 Å². The van der Waals surface area contributed by atoms with Crippen LogP contribution < -0.4 is 16.2 Å². The third-order valence-electron chi connectivity index (χ3n) is 4.46. The molecule has 3 N–H and O–H groups in total. The molecule has 1 heterocycles. The molecule has 0 aliphatic carbocycles. The van der Waals surface area contributed by atoms with Gasteiger partial charge in [-0.3, -0.25) is 15.6 Å². The minimum atomic E-state index is -3.49. The van der Waals surface area contributed by atoms with E-state index < -0.39 is 10.0 Å². The molecule has 29 heavy (non-hydrogen) atoms. The van der Waals surface area contributed by atoms with E-state index in [1.165, 1.54) is 22.5 Å². The molecule has 1 amide bonds. The van der Waals surface area contributed by atoms with Gasteiger partial charge in [0.05, 0.1) is 11.0 Å². The summed E-state index contributed by atoms with van der Waals surface area (Å²) in [4.78, 5) is 12.1. The summed E-state index contributed by atoms with van der Waals surface area (Å²) in [6.07, 6.45) is 5.13. The Morgan fingerprint density at radius 3 is 2.52 bits per heavy atom. The summed E-state index contributed by atoms with van der Waals surface area (Å²) in [6.45, 7) is 5.80. The number of hydrazine groups is 1. The van der Waals surface area contributed by atoms with Crippen molar-refractivity contribution in [2.75, 3.05) is 26.2 Å². The van der Waals surface area contributed by atoms with Crippen LogP contribution in [0.4, 0.5) is 0 Å². The normalized spacial score (nSPS) is 16.9. The third kappa shape index (κ3) is 7.07. The minimum absolute atomic E-state index is 0.152. The first kappa shape index (κ1) is 23.3. The SMILES string of the molecule is CCN(CC)S(=O)(=O)c1ccc(/C=C/C(=O)NNC(=S)NCC2CCCO2)cc1. The number of nitrogens with one attached hydrogen (secondary N) is 3. The summed E-state index contributed by atoms with van der Waals surface area (Å²) in [5.74, 6) is -0.383. The summed E-state index contributed by atoms with van der Waals surface area (Å²) in [5.41, 5.74) is 5.80. The van der Waals surface area contributed by atoms with E-state index >= 15 is 0 Å². The van der Waals surface area contributed by atoms with Gasteiger partial charge in [0.25, 0.3) is 5.91 Å². The van der Waals surface area contributed by atoms with Gasteiger partial charge in [0.15, 0.2) is 5.11 Å². The predicted molar refractivity (Wildman–Crippen MR) is 116 cm³/mol. The summed E-state index contributed by atoms with van der Waals surface area (Å²) >= 11 is 5.10. The minimum Gasteiger partial charge on any atom is -0.376 e. The van der Waals surface area contributed by atoms with Crippen LogP contribution in [0.2, 0.25) is 0 Å². The van der Waals surface area contributed by atoms with Crippen LogP contribution in [-0.4, -0.2) is 56.1 Å². The number of hydrogen-bond donors (Lipinski definition) is 3. The van der Waals surface area contributed by atoms with Crippen LogP contribution in [0.25, 0.3) is 6.08 Å². The van der Waals surface area contributed by atoms with Gasteiger partial charge >= 0.3 is 0 Å². The number of sulfonamides is 1. The molecule has 1 aliphatic rings. The Kier molecular flexibility index (Phi) is 9.02. The average molecular weight is 441 g/mol. The molecule has 0 aromatic heterocycles. The molecule has 0 radical (unpaired) electrons. The lowest BCUT2D eigenvalue weighted by Crippen LogP contribution is -2.47. The van der Waals surface area contributed by atoms with Crippen LogP contribution in [0, 0.1) is 0 Å². The smallest absolute Gasteiger partial charge is 0.262 e. The predicted octanol–water partition coefficient (Wildman–Crippen LogP) is 1.40. The number of rotatable bonds is 8. The zero-order chi connectivity index (χ0) is 21.3. The third-order valence-corrected chi connectivity index (χ3v) is 6.77. The highest BCUT2D eigenvalue weighted by Gasteiger charge is 2.21. The van der Waals surface area contributed by atoms with Gasteiger partial charge in [0.1, 0.15) is 0 Å². The number of thiocarbonyl (C=S) groups is 1. The number of amides is 1. The van der Waals surface area contributed by atoms with Crippen LogP contribution in [0.5, 0.6) is 0 Å². The van der Waals surface area contributed by atoms with Gasteiger partial charge < -0.3 is 10.1 Å². The second-order valence-electron chi connectivity index (χ2n) is 6.45. The van der Waals surface area contributed by atoms with Crippen molar-refractivity contribution in [2.24, 2.45) is 0 Å². The van der Waals surface area contributed by atoms with Crippen molar-refractivity contribution in [1.82, 2.24) is 20.5 Å².